The summed E-state index contributed by atoms with van der Waals surface area (Å²) < 4.78 is 18.8. The van der Waals surface area contributed by atoms with Gasteiger partial charge in [0.25, 0.3) is 0 Å². The number of aliphatic hydroxyl groups is 1. The fraction of sp³-hybridized carbons (Fsp3) is 0.611. The van der Waals surface area contributed by atoms with Crippen LogP contribution in [0.2, 0.25) is 0 Å². The number of ether oxygens (including phenoxy) is 1. The van der Waals surface area contributed by atoms with Crippen LogP contribution in [0, 0.1) is 5.82 Å². The molecule has 0 heterocycles. The van der Waals surface area contributed by atoms with Gasteiger partial charge < -0.3 is 20.1 Å². The largest absolute Gasteiger partial charge is 0.494 e. The number of nitrogens with one attached hydrogen (secondary N) is 1. The molecule has 0 spiro atoms. The van der Waals surface area contributed by atoms with E-state index in [1.807, 2.05) is 38.8 Å². The molecular formula is C18H31FIN3O2. The quantitative estimate of drug-likeness (QED) is 0.350. The summed E-state index contributed by atoms with van der Waals surface area (Å²) in [5.74, 6) is 0.545. The van der Waals surface area contributed by atoms with Crippen LogP contribution in [0.1, 0.15) is 39.2 Å². The van der Waals surface area contributed by atoms with Gasteiger partial charge in [0.05, 0.1) is 19.3 Å². The number of nitrogens with zero attached hydrogens (tertiary/aromatic N) is 2. The van der Waals surface area contributed by atoms with E-state index in [4.69, 9.17) is 4.74 Å². The molecule has 7 heteroatoms. The predicted molar refractivity (Wildman–Crippen MR) is 111 cm³/mol. The van der Waals surface area contributed by atoms with Gasteiger partial charge in [-0.1, -0.05) is 19.9 Å². The molecule has 0 fully saturated rings. The van der Waals surface area contributed by atoms with Gasteiger partial charge in [0, 0.05) is 20.1 Å². The molecule has 0 unspecified atom stereocenters. The molecule has 0 aliphatic heterocycles. The number of hydrogen-bond acceptors (Lipinski definition) is 3. The van der Waals surface area contributed by atoms with Crippen LogP contribution in [0.5, 0.6) is 5.75 Å². The molecule has 0 amide bonds. The highest BCUT2D eigenvalue weighted by atomic mass is 127. The summed E-state index contributed by atoms with van der Waals surface area (Å²) in [4.78, 5) is 6.46. The van der Waals surface area contributed by atoms with Crippen molar-refractivity contribution in [2.45, 2.75) is 45.8 Å². The number of guanidine groups is 1. The molecular weight excluding hydrogens is 436 g/mol. The van der Waals surface area contributed by atoms with Gasteiger partial charge in [-0.15, -0.1) is 24.0 Å². The first kappa shape index (κ1) is 23.9. The molecule has 0 aliphatic rings. The Morgan fingerprint density at radius 2 is 1.96 bits per heavy atom. The number of benzene rings is 1. The maximum absolute atomic E-state index is 13.8. The van der Waals surface area contributed by atoms with E-state index in [1.54, 1.807) is 6.07 Å². The second kappa shape index (κ2) is 11.5. The molecule has 0 radical (unpaired) electrons. The standard InChI is InChI=1S/C18H30FN3O2.HI/c1-6-18(23,7-2)13-21-17(20-8-3)22(4)12-14-9-10-16(24-5)15(19)11-14;/h9-11,23H,6-8,12-13H2,1-5H3,(H,20,21);1H. The average Bonchev–Trinajstić information content (AvgIpc) is 2.58. The lowest BCUT2D eigenvalue weighted by Crippen LogP contribution is -2.40. The Kier molecular flexibility index (Phi) is 11.0. The van der Waals surface area contributed by atoms with E-state index in [1.165, 1.54) is 13.2 Å². The van der Waals surface area contributed by atoms with Gasteiger partial charge in [0.2, 0.25) is 0 Å². The number of halogens is 2. The van der Waals surface area contributed by atoms with Crippen LogP contribution in [0.3, 0.4) is 0 Å². The fourth-order valence-corrected chi connectivity index (χ4v) is 2.32. The first-order valence-electron chi connectivity index (χ1n) is 8.43. The minimum atomic E-state index is -0.784. The Bertz CT molecular complexity index is 551. The topological polar surface area (TPSA) is 57.1 Å². The number of rotatable bonds is 8. The van der Waals surface area contributed by atoms with Gasteiger partial charge in [0.1, 0.15) is 0 Å². The van der Waals surface area contributed by atoms with Crippen LogP contribution in [-0.2, 0) is 6.54 Å². The van der Waals surface area contributed by atoms with E-state index in [0.29, 0.717) is 31.9 Å². The van der Waals surface area contributed by atoms with Crippen molar-refractivity contribution in [2.75, 3.05) is 27.2 Å². The zero-order valence-electron chi connectivity index (χ0n) is 15.8. The van der Waals surface area contributed by atoms with E-state index < -0.39 is 5.60 Å². The van der Waals surface area contributed by atoms with Crippen molar-refractivity contribution >= 4 is 29.9 Å². The molecule has 5 nitrogen and oxygen atoms in total. The molecule has 0 aromatic heterocycles. The van der Waals surface area contributed by atoms with Crippen molar-refractivity contribution < 1.29 is 14.2 Å². The molecule has 0 saturated carbocycles. The fourth-order valence-electron chi connectivity index (χ4n) is 2.32. The van der Waals surface area contributed by atoms with Crippen molar-refractivity contribution in [3.63, 3.8) is 0 Å². The monoisotopic (exact) mass is 467 g/mol. The van der Waals surface area contributed by atoms with Crippen LogP contribution in [0.4, 0.5) is 4.39 Å². The first-order chi connectivity index (χ1) is 11.4. The summed E-state index contributed by atoms with van der Waals surface area (Å²) in [5.41, 5.74) is 0.0379. The van der Waals surface area contributed by atoms with E-state index in [0.717, 1.165) is 12.1 Å². The van der Waals surface area contributed by atoms with E-state index in [9.17, 15) is 9.50 Å². The van der Waals surface area contributed by atoms with Gasteiger partial charge >= 0.3 is 0 Å². The highest BCUT2D eigenvalue weighted by molar-refractivity contribution is 14.0. The number of aliphatic imine (C=N–C) groups is 1. The van der Waals surface area contributed by atoms with E-state index >= 15 is 0 Å². The third-order valence-electron chi connectivity index (χ3n) is 4.17. The maximum atomic E-state index is 13.8. The second-order valence-corrected chi connectivity index (χ2v) is 5.93. The van der Waals surface area contributed by atoms with Crippen LogP contribution >= 0.6 is 24.0 Å². The average molecular weight is 467 g/mol. The predicted octanol–water partition coefficient (Wildman–Crippen LogP) is 3.40. The first-order valence-corrected chi connectivity index (χ1v) is 8.43. The van der Waals surface area contributed by atoms with E-state index in [-0.39, 0.29) is 35.5 Å². The zero-order chi connectivity index (χ0) is 18.2. The van der Waals surface area contributed by atoms with Crippen LogP contribution < -0.4 is 10.1 Å². The van der Waals surface area contributed by atoms with Crippen LogP contribution in [-0.4, -0.2) is 48.8 Å². The number of hydrogen-bond donors (Lipinski definition) is 2. The normalized spacial score (nSPS) is 11.7. The Hall–Kier alpha value is -1.09. The van der Waals surface area contributed by atoms with Gasteiger partial charge in [-0.2, -0.15) is 0 Å². The highest BCUT2D eigenvalue weighted by Crippen LogP contribution is 2.19. The molecule has 0 bridgehead atoms. The summed E-state index contributed by atoms with van der Waals surface area (Å²) >= 11 is 0. The highest BCUT2D eigenvalue weighted by Gasteiger charge is 2.22. The Morgan fingerprint density at radius 1 is 1.32 bits per heavy atom. The molecule has 1 aromatic rings. The lowest BCUT2D eigenvalue weighted by molar-refractivity contribution is 0.0416. The van der Waals surface area contributed by atoms with Gasteiger partial charge in [-0.3, -0.25) is 4.99 Å². The minimum absolute atomic E-state index is 0. The molecule has 2 N–H and O–H groups in total. The molecule has 0 aliphatic carbocycles. The Morgan fingerprint density at radius 3 is 2.44 bits per heavy atom. The third-order valence-corrected chi connectivity index (χ3v) is 4.17. The Balaban J connectivity index is 0.00000576. The summed E-state index contributed by atoms with van der Waals surface area (Å²) in [5, 5.41) is 13.6. The van der Waals surface area contributed by atoms with Crippen molar-refractivity contribution in [3.8, 4) is 5.75 Å². The lowest BCUT2D eigenvalue weighted by atomic mass is 9.98. The molecule has 1 aromatic carbocycles. The maximum Gasteiger partial charge on any atom is 0.194 e. The summed E-state index contributed by atoms with van der Waals surface area (Å²) in [6.07, 6.45) is 1.31. The summed E-state index contributed by atoms with van der Waals surface area (Å²) in [6.45, 7) is 7.46. The molecule has 144 valence electrons. The molecule has 1 rings (SSSR count). The van der Waals surface area contributed by atoms with E-state index in [2.05, 4.69) is 10.3 Å². The van der Waals surface area contributed by atoms with Crippen molar-refractivity contribution in [3.05, 3.63) is 29.6 Å². The molecule has 0 atom stereocenters. The second-order valence-electron chi connectivity index (χ2n) is 5.93. The van der Waals surface area contributed by atoms with Gasteiger partial charge in [-0.05, 0) is 37.5 Å². The van der Waals surface area contributed by atoms with Crippen LogP contribution in [0.25, 0.3) is 0 Å². The summed E-state index contributed by atoms with van der Waals surface area (Å²) in [6, 6.07) is 4.92. The van der Waals surface area contributed by atoms with Crippen molar-refractivity contribution in [2.24, 2.45) is 4.99 Å². The smallest absolute Gasteiger partial charge is 0.194 e. The SMILES string of the molecule is CCNC(=NCC(O)(CC)CC)N(C)Cc1ccc(OC)c(F)c1.I. The minimum Gasteiger partial charge on any atom is -0.494 e. The van der Waals surface area contributed by atoms with Crippen LogP contribution in [0.15, 0.2) is 23.2 Å². The third kappa shape index (κ3) is 7.35. The molecule has 0 saturated heterocycles. The summed E-state index contributed by atoms with van der Waals surface area (Å²) in [7, 11) is 3.34. The van der Waals surface area contributed by atoms with Crippen molar-refractivity contribution in [1.29, 1.82) is 0 Å². The zero-order valence-corrected chi connectivity index (χ0v) is 18.1. The van der Waals surface area contributed by atoms with Gasteiger partial charge in [0.15, 0.2) is 17.5 Å². The molecule has 25 heavy (non-hydrogen) atoms. The number of methoxy groups -OCH3 is 1. The lowest BCUT2D eigenvalue weighted by Gasteiger charge is -2.26. The van der Waals surface area contributed by atoms with Crippen molar-refractivity contribution in [1.82, 2.24) is 10.2 Å². The Labute approximate surface area is 167 Å². The van der Waals surface area contributed by atoms with Gasteiger partial charge in [-0.25, -0.2) is 4.39 Å².